The van der Waals surface area contributed by atoms with Crippen LogP contribution in [0.2, 0.25) is 0 Å². The Balaban J connectivity index is 1.70. The van der Waals surface area contributed by atoms with E-state index in [-0.39, 0.29) is 11.8 Å². The van der Waals surface area contributed by atoms with Crippen LogP contribution in [0.1, 0.15) is 17.8 Å². The molecule has 2 N–H and O–H groups in total. The number of likely N-dealkylation sites (N-methyl/N-ethyl adjacent to an activating group) is 1. The lowest BCUT2D eigenvalue weighted by molar-refractivity contribution is -0.122. The highest BCUT2D eigenvalue weighted by molar-refractivity contribution is 5.76. The summed E-state index contributed by atoms with van der Waals surface area (Å²) < 4.78 is 0. The molecule has 6 heteroatoms. The average molecular weight is 278 g/mol. The molecule has 1 aromatic rings. The summed E-state index contributed by atoms with van der Waals surface area (Å²) in [4.78, 5) is 22.3. The van der Waals surface area contributed by atoms with E-state index in [1.165, 1.54) is 0 Å². The molecule has 0 bridgehead atoms. The van der Waals surface area contributed by atoms with Crippen LogP contribution in [0, 0.1) is 12.8 Å². The molecule has 0 aromatic carbocycles. The first kappa shape index (κ1) is 14.9. The fourth-order valence-corrected chi connectivity index (χ4v) is 2.54. The third-order valence-corrected chi connectivity index (χ3v) is 3.54. The summed E-state index contributed by atoms with van der Waals surface area (Å²) in [5.41, 5.74) is 1.76. The first-order chi connectivity index (χ1) is 9.54. The molecule has 20 heavy (non-hydrogen) atoms. The van der Waals surface area contributed by atoms with Crippen LogP contribution < -0.4 is 5.32 Å². The van der Waals surface area contributed by atoms with Gasteiger partial charge in [0.05, 0.1) is 17.5 Å². The molecule has 1 fully saturated rings. The number of aryl methyl sites for hydroxylation is 1. The zero-order valence-electron chi connectivity index (χ0n) is 12.0. The molecular formula is C14H22N4O2. The number of nitrogens with one attached hydrogen (secondary N) is 1. The molecule has 1 aliphatic heterocycles. The van der Waals surface area contributed by atoms with Crippen molar-refractivity contribution < 1.29 is 9.90 Å². The van der Waals surface area contributed by atoms with E-state index in [9.17, 15) is 9.90 Å². The molecule has 0 saturated carbocycles. The third-order valence-electron chi connectivity index (χ3n) is 3.54. The maximum absolute atomic E-state index is 11.8. The number of carbonyl (C=O) groups excluding carboxylic acids is 1. The molecule has 110 valence electrons. The first-order valence-electron chi connectivity index (χ1n) is 6.95. The molecule has 2 heterocycles. The minimum absolute atomic E-state index is 0.00929. The van der Waals surface area contributed by atoms with Gasteiger partial charge >= 0.3 is 0 Å². The summed E-state index contributed by atoms with van der Waals surface area (Å²) in [5, 5.41) is 12.7. The topological polar surface area (TPSA) is 78.4 Å². The van der Waals surface area contributed by atoms with E-state index < -0.39 is 6.10 Å². The van der Waals surface area contributed by atoms with E-state index in [0.29, 0.717) is 25.9 Å². The van der Waals surface area contributed by atoms with Crippen LogP contribution in [0.5, 0.6) is 0 Å². The van der Waals surface area contributed by atoms with Crippen LogP contribution in [-0.4, -0.2) is 58.7 Å². The summed E-state index contributed by atoms with van der Waals surface area (Å²) in [6.07, 6.45) is 4.08. The number of hydrogen-bond donors (Lipinski definition) is 2. The first-order valence-corrected chi connectivity index (χ1v) is 6.95. The van der Waals surface area contributed by atoms with Crippen molar-refractivity contribution in [2.45, 2.75) is 25.9 Å². The number of carbonyl (C=O) groups is 1. The normalized spacial score (nSPS) is 22.9. The van der Waals surface area contributed by atoms with Gasteiger partial charge in [-0.15, -0.1) is 0 Å². The van der Waals surface area contributed by atoms with Crippen molar-refractivity contribution in [3.05, 3.63) is 23.8 Å². The van der Waals surface area contributed by atoms with Gasteiger partial charge in [-0.2, -0.15) is 0 Å². The van der Waals surface area contributed by atoms with E-state index in [2.05, 4.69) is 15.3 Å². The number of aromatic nitrogens is 2. The van der Waals surface area contributed by atoms with Crippen molar-refractivity contribution in [1.29, 1.82) is 0 Å². The summed E-state index contributed by atoms with van der Waals surface area (Å²) in [7, 11) is 1.96. The van der Waals surface area contributed by atoms with Crippen LogP contribution in [0.25, 0.3) is 0 Å². The van der Waals surface area contributed by atoms with Gasteiger partial charge in [-0.3, -0.25) is 14.8 Å². The van der Waals surface area contributed by atoms with Gasteiger partial charge in [-0.05, 0) is 14.0 Å². The summed E-state index contributed by atoms with van der Waals surface area (Å²) in [6, 6.07) is 0. The van der Waals surface area contributed by atoms with Crippen molar-refractivity contribution in [1.82, 2.24) is 20.2 Å². The minimum atomic E-state index is -0.395. The summed E-state index contributed by atoms with van der Waals surface area (Å²) in [6.45, 7) is 3.87. The van der Waals surface area contributed by atoms with Crippen molar-refractivity contribution in [3.8, 4) is 0 Å². The lowest BCUT2D eigenvalue weighted by Crippen LogP contribution is -2.31. The molecule has 1 amide bonds. The van der Waals surface area contributed by atoms with Crippen LogP contribution in [0.4, 0.5) is 0 Å². The summed E-state index contributed by atoms with van der Waals surface area (Å²) >= 11 is 0. The zero-order chi connectivity index (χ0) is 14.5. The Bertz CT molecular complexity index is 466. The largest absolute Gasteiger partial charge is 0.391 e. The maximum atomic E-state index is 11.8. The summed E-state index contributed by atoms with van der Waals surface area (Å²) in [5.74, 6) is 0.0312. The smallest absolute Gasteiger partial charge is 0.220 e. The average Bonchev–Trinajstić information content (AvgIpc) is 2.68. The fourth-order valence-electron chi connectivity index (χ4n) is 2.54. The van der Waals surface area contributed by atoms with Crippen LogP contribution in [0.3, 0.4) is 0 Å². The SMILES string of the molecule is Cc1cncc(CCNC(=O)C[C@@H]2CN(C)C[C@H]2O)n1. The van der Waals surface area contributed by atoms with E-state index in [1.54, 1.807) is 12.4 Å². The second-order valence-corrected chi connectivity index (χ2v) is 5.50. The Hall–Kier alpha value is -1.53. The van der Waals surface area contributed by atoms with Gasteiger partial charge in [0.1, 0.15) is 0 Å². The third kappa shape index (κ3) is 4.25. The monoisotopic (exact) mass is 278 g/mol. The van der Waals surface area contributed by atoms with Crippen LogP contribution in [-0.2, 0) is 11.2 Å². The molecule has 0 unspecified atom stereocenters. The Labute approximate surface area is 119 Å². The standard InChI is InChI=1S/C14H22N4O2/c1-10-6-15-7-12(17-10)3-4-16-14(20)5-11-8-18(2)9-13(11)19/h6-7,11,13,19H,3-5,8-9H2,1-2H3,(H,16,20)/t11-,13-/m1/s1. The number of amides is 1. The van der Waals surface area contributed by atoms with E-state index in [1.807, 2.05) is 18.9 Å². The molecule has 0 spiro atoms. The van der Waals surface area contributed by atoms with Gasteiger partial charge < -0.3 is 15.3 Å². The highest BCUT2D eigenvalue weighted by atomic mass is 16.3. The molecule has 0 aliphatic carbocycles. The van der Waals surface area contributed by atoms with Gasteiger partial charge in [-0.25, -0.2) is 0 Å². The number of aliphatic hydroxyl groups excluding tert-OH is 1. The predicted molar refractivity (Wildman–Crippen MR) is 75.1 cm³/mol. The molecule has 1 saturated heterocycles. The highest BCUT2D eigenvalue weighted by Gasteiger charge is 2.30. The number of hydrogen-bond acceptors (Lipinski definition) is 5. The lowest BCUT2D eigenvalue weighted by Gasteiger charge is -2.13. The van der Waals surface area contributed by atoms with Crippen molar-refractivity contribution in [2.75, 3.05) is 26.7 Å². The van der Waals surface area contributed by atoms with Gasteiger partial charge in [0.25, 0.3) is 0 Å². The molecule has 2 atom stereocenters. The molecular weight excluding hydrogens is 256 g/mol. The molecule has 1 aliphatic rings. The minimum Gasteiger partial charge on any atom is -0.391 e. The number of nitrogens with zero attached hydrogens (tertiary/aromatic N) is 3. The second-order valence-electron chi connectivity index (χ2n) is 5.50. The Morgan fingerprint density at radius 1 is 1.50 bits per heavy atom. The highest BCUT2D eigenvalue weighted by Crippen LogP contribution is 2.18. The fraction of sp³-hybridized carbons (Fsp3) is 0.643. The Morgan fingerprint density at radius 3 is 2.95 bits per heavy atom. The Morgan fingerprint density at radius 2 is 2.30 bits per heavy atom. The number of β-amino-alcohol motifs (C(OH)–C–C–N with tert-alkyl or cyclic N) is 1. The van der Waals surface area contributed by atoms with Crippen molar-refractivity contribution in [3.63, 3.8) is 0 Å². The molecule has 0 radical (unpaired) electrons. The lowest BCUT2D eigenvalue weighted by atomic mass is 10.0. The maximum Gasteiger partial charge on any atom is 0.220 e. The zero-order valence-corrected chi connectivity index (χ0v) is 12.0. The van der Waals surface area contributed by atoms with E-state index in [4.69, 9.17) is 0 Å². The van der Waals surface area contributed by atoms with Crippen molar-refractivity contribution in [2.24, 2.45) is 5.92 Å². The molecule has 2 rings (SSSR count). The van der Waals surface area contributed by atoms with Gasteiger partial charge in [-0.1, -0.05) is 0 Å². The van der Waals surface area contributed by atoms with E-state index >= 15 is 0 Å². The van der Waals surface area contributed by atoms with Crippen molar-refractivity contribution >= 4 is 5.91 Å². The molecule has 1 aromatic heterocycles. The van der Waals surface area contributed by atoms with Crippen LogP contribution in [0.15, 0.2) is 12.4 Å². The van der Waals surface area contributed by atoms with Gasteiger partial charge in [0.2, 0.25) is 5.91 Å². The number of rotatable bonds is 5. The number of aliphatic hydroxyl groups is 1. The van der Waals surface area contributed by atoms with Gasteiger partial charge in [0.15, 0.2) is 0 Å². The second kappa shape index (κ2) is 6.76. The van der Waals surface area contributed by atoms with Gasteiger partial charge in [0, 0.05) is 50.8 Å². The van der Waals surface area contributed by atoms with Crippen LogP contribution >= 0.6 is 0 Å². The quantitative estimate of drug-likeness (QED) is 0.777. The number of likely N-dealkylation sites (tertiary alicyclic amines) is 1. The van der Waals surface area contributed by atoms with E-state index in [0.717, 1.165) is 17.9 Å². The molecule has 6 nitrogen and oxygen atoms in total. The Kier molecular flexibility index (Phi) is 5.03. The predicted octanol–water partition coefficient (Wildman–Crippen LogP) is -0.244.